The lowest BCUT2D eigenvalue weighted by molar-refractivity contribution is 0.561. The highest BCUT2D eigenvalue weighted by Crippen LogP contribution is 2.27. The Balaban J connectivity index is 2.69. The molecule has 0 N–H and O–H groups in total. The average Bonchev–Trinajstić information content (AvgIpc) is 2.18. The quantitative estimate of drug-likeness (QED) is 0.588. The summed E-state index contributed by atoms with van der Waals surface area (Å²) in [7, 11) is 0. The molecule has 14 heavy (non-hydrogen) atoms. The van der Waals surface area contributed by atoms with E-state index >= 15 is 0 Å². The Kier molecular flexibility index (Phi) is 2.20. The third-order valence-electron chi connectivity index (χ3n) is 2.79. The van der Waals surface area contributed by atoms with Gasteiger partial charge < -0.3 is 0 Å². The lowest BCUT2D eigenvalue weighted by atomic mass is 9.88. The molecule has 0 aliphatic heterocycles. The summed E-state index contributed by atoms with van der Waals surface area (Å²) in [6.45, 7) is 1.81. The average molecular weight is 190 g/mol. The van der Waals surface area contributed by atoms with Gasteiger partial charge >= 0.3 is 0 Å². The van der Waals surface area contributed by atoms with Crippen LogP contribution in [0.5, 0.6) is 0 Å². The second-order valence-electron chi connectivity index (χ2n) is 3.64. The molecule has 0 saturated carbocycles. The van der Waals surface area contributed by atoms with Crippen molar-refractivity contribution in [2.24, 2.45) is 0 Å². The van der Waals surface area contributed by atoms with Gasteiger partial charge in [0.2, 0.25) is 5.95 Å². The predicted molar refractivity (Wildman–Crippen MR) is 50.3 cm³/mol. The first-order valence-electron chi connectivity index (χ1n) is 4.82. The van der Waals surface area contributed by atoms with Gasteiger partial charge in [-0.3, -0.25) is 0 Å². The Morgan fingerprint density at radius 1 is 1.29 bits per heavy atom. The summed E-state index contributed by atoms with van der Waals surface area (Å²) < 4.78 is 13.3. The summed E-state index contributed by atoms with van der Waals surface area (Å²) in [5, 5.41) is 8.84. The zero-order chi connectivity index (χ0) is 10.1. The predicted octanol–water partition coefficient (Wildman–Crippen LogP) is 2.28. The lowest BCUT2D eigenvalue weighted by Gasteiger charge is -2.18. The zero-order valence-corrected chi connectivity index (χ0v) is 8.10. The number of hydrogen-bond donors (Lipinski definition) is 0. The molecule has 0 saturated heterocycles. The van der Waals surface area contributed by atoms with Crippen LogP contribution in [0.25, 0.3) is 0 Å². The van der Waals surface area contributed by atoms with Gasteiger partial charge in [0.25, 0.3) is 0 Å². The molecule has 3 heteroatoms. The van der Waals surface area contributed by atoms with Crippen molar-refractivity contribution in [1.82, 2.24) is 4.98 Å². The van der Waals surface area contributed by atoms with Gasteiger partial charge in [-0.25, -0.2) is 4.98 Å². The van der Waals surface area contributed by atoms with Crippen molar-refractivity contribution >= 4 is 0 Å². The number of fused-ring (bicyclic) bond motifs is 1. The smallest absolute Gasteiger partial charge is 0.224 e. The number of aryl methyl sites for hydroxylation is 1. The molecule has 72 valence electrons. The van der Waals surface area contributed by atoms with E-state index in [9.17, 15) is 4.39 Å². The van der Waals surface area contributed by atoms with Crippen LogP contribution in [0.2, 0.25) is 0 Å². The van der Waals surface area contributed by atoms with Gasteiger partial charge in [0.1, 0.15) is 11.6 Å². The van der Waals surface area contributed by atoms with Gasteiger partial charge in [-0.05, 0) is 43.7 Å². The van der Waals surface area contributed by atoms with Gasteiger partial charge in [0, 0.05) is 5.69 Å². The summed E-state index contributed by atoms with van der Waals surface area (Å²) in [6.07, 6.45) is 3.91. The van der Waals surface area contributed by atoms with Crippen LogP contribution in [0.1, 0.15) is 35.2 Å². The molecule has 0 spiro atoms. The first kappa shape index (κ1) is 9.14. The molecule has 1 heterocycles. The first-order valence-corrected chi connectivity index (χ1v) is 4.82. The Hall–Kier alpha value is -1.43. The number of hydrogen-bond acceptors (Lipinski definition) is 2. The maximum Gasteiger partial charge on any atom is 0.231 e. The van der Waals surface area contributed by atoms with E-state index in [4.69, 9.17) is 5.26 Å². The normalized spacial score (nSPS) is 14.6. The highest BCUT2D eigenvalue weighted by Gasteiger charge is 2.19. The second-order valence-corrected chi connectivity index (χ2v) is 3.64. The van der Waals surface area contributed by atoms with Crippen molar-refractivity contribution in [2.45, 2.75) is 32.6 Å². The number of nitrogens with zero attached hydrogens (tertiary/aromatic N) is 2. The molecule has 1 aromatic heterocycles. The minimum absolute atomic E-state index is 0.158. The number of nitriles is 1. The van der Waals surface area contributed by atoms with Crippen molar-refractivity contribution in [3.05, 3.63) is 28.3 Å². The minimum Gasteiger partial charge on any atom is -0.224 e. The summed E-state index contributed by atoms with van der Waals surface area (Å²) >= 11 is 0. The fourth-order valence-electron chi connectivity index (χ4n) is 2.09. The van der Waals surface area contributed by atoms with Crippen molar-refractivity contribution in [3.63, 3.8) is 0 Å². The monoisotopic (exact) mass is 190 g/mol. The van der Waals surface area contributed by atoms with Crippen LogP contribution in [0.3, 0.4) is 0 Å². The van der Waals surface area contributed by atoms with Crippen molar-refractivity contribution in [2.75, 3.05) is 0 Å². The van der Waals surface area contributed by atoms with Crippen molar-refractivity contribution in [1.29, 1.82) is 5.26 Å². The van der Waals surface area contributed by atoms with Crippen LogP contribution < -0.4 is 0 Å². The number of pyridine rings is 1. The van der Waals surface area contributed by atoms with E-state index in [1.54, 1.807) is 0 Å². The number of halogens is 1. The van der Waals surface area contributed by atoms with Crippen LogP contribution in [0.15, 0.2) is 0 Å². The molecule has 0 radical (unpaired) electrons. The van der Waals surface area contributed by atoms with Gasteiger partial charge in [0.15, 0.2) is 0 Å². The molecular formula is C11H11FN2. The SMILES string of the molecule is Cc1nc(F)c(C#N)c2c1CCCC2. The first-order chi connectivity index (χ1) is 6.74. The molecule has 1 aromatic rings. The molecule has 0 aromatic carbocycles. The summed E-state index contributed by atoms with van der Waals surface area (Å²) in [4.78, 5) is 3.77. The van der Waals surface area contributed by atoms with Crippen LogP contribution >= 0.6 is 0 Å². The van der Waals surface area contributed by atoms with Crippen molar-refractivity contribution < 1.29 is 4.39 Å². The van der Waals surface area contributed by atoms with Crippen LogP contribution in [-0.2, 0) is 12.8 Å². The Morgan fingerprint density at radius 2 is 1.93 bits per heavy atom. The standard InChI is InChI=1S/C11H11FN2/c1-7-8-4-2-3-5-9(8)10(6-13)11(12)14-7/h2-5H2,1H3. The Morgan fingerprint density at radius 3 is 2.57 bits per heavy atom. The van der Waals surface area contributed by atoms with Gasteiger partial charge in [0.05, 0.1) is 0 Å². The lowest BCUT2D eigenvalue weighted by Crippen LogP contribution is -2.11. The molecule has 0 unspecified atom stereocenters. The number of rotatable bonds is 0. The van der Waals surface area contributed by atoms with Crippen molar-refractivity contribution in [3.8, 4) is 6.07 Å². The highest BCUT2D eigenvalue weighted by molar-refractivity contribution is 5.45. The molecule has 1 aliphatic rings. The molecule has 0 atom stereocenters. The van der Waals surface area contributed by atoms with Crippen LogP contribution in [0.4, 0.5) is 4.39 Å². The molecular weight excluding hydrogens is 179 g/mol. The maximum atomic E-state index is 13.3. The molecule has 0 bridgehead atoms. The zero-order valence-electron chi connectivity index (χ0n) is 8.10. The summed E-state index contributed by atoms with van der Waals surface area (Å²) in [6, 6.07) is 1.91. The van der Waals surface area contributed by atoms with Gasteiger partial charge in [-0.15, -0.1) is 0 Å². The Bertz CT molecular complexity index is 418. The van der Waals surface area contributed by atoms with Crippen LogP contribution in [0, 0.1) is 24.2 Å². The summed E-state index contributed by atoms with van der Waals surface area (Å²) in [5.41, 5.74) is 2.89. The molecule has 0 amide bonds. The minimum atomic E-state index is -0.606. The summed E-state index contributed by atoms with van der Waals surface area (Å²) in [5.74, 6) is -0.606. The molecule has 0 fully saturated rings. The van der Waals surface area contributed by atoms with E-state index < -0.39 is 5.95 Å². The van der Waals surface area contributed by atoms with E-state index in [1.165, 1.54) is 0 Å². The molecule has 2 nitrogen and oxygen atoms in total. The molecule has 2 rings (SSSR count). The van der Waals surface area contributed by atoms with E-state index in [2.05, 4.69) is 4.98 Å². The van der Waals surface area contributed by atoms with Gasteiger partial charge in [-0.1, -0.05) is 0 Å². The van der Waals surface area contributed by atoms with E-state index in [-0.39, 0.29) is 5.56 Å². The van der Waals surface area contributed by atoms with Crippen LogP contribution in [-0.4, -0.2) is 4.98 Å². The maximum absolute atomic E-state index is 13.3. The third kappa shape index (κ3) is 1.27. The Labute approximate surface area is 82.4 Å². The molecule has 1 aliphatic carbocycles. The number of aromatic nitrogens is 1. The highest BCUT2D eigenvalue weighted by atomic mass is 19.1. The third-order valence-corrected chi connectivity index (χ3v) is 2.79. The largest absolute Gasteiger partial charge is 0.231 e. The topological polar surface area (TPSA) is 36.7 Å². The fourth-order valence-corrected chi connectivity index (χ4v) is 2.09. The second kappa shape index (κ2) is 3.38. The van der Waals surface area contributed by atoms with E-state index in [0.717, 1.165) is 42.5 Å². The fraction of sp³-hybridized carbons (Fsp3) is 0.455. The van der Waals surface area contributed by atoms with Gasteiger partial charge in [-0.2, -0.15) is 9.65 Å². The van der Waals surface area contributed by atoms with E-state index in [0.29, 0.717) is 0 Å². The van der Waals surface area contributed by atoms with E-state index in [1.807, 2.05) is 13.0 Å².